The highest BCUT2D eigenvalue weighted by molar-refractivity contribution is 7.92. The van der Waals surface area contributed by atoms with Gasteiger partial charge in [0.1, 0.15) is 6.10 Å². The molecule has 2 heterocycles. The molecule has 3 atom stereocenters. The number of carbonyl (C=O) groups excluding carboxylic acids is 1. The van der Waals surface area contributed by atoms with Gasteiger partial charge < -0.3 is 19.3 Å². The van der Waals surface area contributed by atoms with Crippen molar-refractivity contribution >= 4 is 31.6 Å². The van der Waals surface area contributed by atoms with Crippen LogP contribution < -0.4 is 9.46 Å². The Morgan fingerprint density at radius 3 is 2.48 bits per heavy atom. The number of nitrogens with one attached hydrogen (secondary N) is 1. The van der Waals surface area contributed by atoms with E-state index in [4.69, 9.17) is 4.74 Å². The van der Waals surface area contributed by atoms with Crippen molar-refractivity contribution in [1.29, 1.82) is 0 Å². The number of rotatable bonds is 9. The summed E-state index contributed by atoms with van der Waals surface area (Å²) < 4.78 is 64.3. The van der Waals surface area contributed by atoms with Gasteiger partial charge in [0.05, 0.1) is 41.7 Å². The Balaban J connectivity index is 1.76. The fourth-order valence-corrected chi connectivity index (χ4v) is 6.60. The van der Waals surface area contributed by atoms with Crippen molar-refractivity contribution in [3.8, 4) is 5.75 Å². The van der Waals surface area contributed by atoms with E-state index in [1.54, 1.807) is 39.1 Å². The number of para-hydroxylation sites is 1. The van der Waals surface area contributed by atoms with Gasteiger partial charge >= 0.3 is 0 Å². The third-order valence-electron chi connectivity index (χ3n) is 6.78. The zero-order valence-electron chi connectivity index (χ0n) is 22.6. The average molecular weight is 592 g/mol. The first kappa shape index (κ1) is 29.5. The van der Waals surface area contributed by atoms with Crippen LogP contribution >= 0.6 is 0 Å². The second-order valence-electron chi connectivity index (χ2n) is 9.89. The minimum atomic E-state index is -4.04. The zero-order chi connectivity index (χ0) is 29.2. The summed E-state index contributed by atoms with van der Waals surface area (Å²) in [6.07, 6.45) is 1.98. The van der Waals surface area contributed by atoms with E-state index in [1.807, 2.05) is 0 Å². The first-order valence-electron chi connectivity index (χ1n) is 12.6. The van der Waals surface area contributed by atoms with Gasteiger partial charge in [-0.1, -0.05) is 31.2 Å². The van der Waals surface area contributed by atoms with Gasteiger partial charge in [-0.3, -0.25) is 9.52 Å². The molecule has 0 saturated carbocycles. The normalized spacial score (nSPS) is 18.9. The Morgan fingerprint density at radius 1 is 1.15 bits per heavy atom. The van der Waals surface area contributed by atoms with E-state index in [0.717, 1.165) is 4.31 Å². The molecular weight excluding hydrogens is 558 g/mol. The Hall–Kier alpha value is -3.46. The average Bonchev–Trinajstić information content (AvgIpc) is 3.38. The molecule has 12 nitrogen and oxygen atoms in total. The number of fused-ring (bicyclic) bond motifs is 1. The van der Waals surface area contributed by atoms with Crippen molar-refractivity contribution in [3.05, 3.63) is 66.6 Å². The van der Waals surface area contributed by atoms with Gasteiger partial charge in [0, 0.05) is 32.8 Å². The minimum Gasteiger partial charge on any atom is -0.486 e. The molecule has 216 valence electrons. The van der Waals surface area contributed by atoms with Gasteiger partial charge in [-0.2, -0.15) is 4.31 Å². The van der Waals surface area contributed by atoms with Crippen molar-refractivity contribution < 1.29 is 31.5 Å². The molecule has 2 aromatic carbocycles. The SMILES string of the molecule is C[C@H]1CN([C@@H](C)CO)C(=O)c2cccc(NS(=O)(=O)c3ccccc3)c2O[C@@H]1CN(C)S(=O)(=O)c1cn(C)cn1. The molecule has 0 saturated heterocycles. The highest BCUT2D eigenvalue weighted by atomic mass is 32.2. The molecule has 0 unspecified atom stereocenters. The lowest BCUT2D eigenvalue weighted by atomic mass is 9.99. The molecule has 1 aromatic heterocycles. The lowest BCUT2D eigenvalue weighted by molar-refractivity contribution is 0.0389. The van der Waals surface area contributed by atoms with E-state index in [9.17, 15) is 26.7 Å². The number of aliphatic hydroxyl groups excluding tert-OH is 1. The molecule has 1 aliphatic rings. The number of carbonyl (C=O) groups is 1. The molecule has 3 aromatic rings. The second kappa shape index (κ2) is 11.6. The third-order valence-corrected chi connectivity index (χ3v) is 9.87. The van der Waals surface area contributed by atoms with Crippen molar-refractivity contribution in [2.24, 2.45) is 13.0 Å². The monoisotopic (exact) mass is 591 g/mol. The number of ether oxygens (including phenoxy) is 1. The molecule has 0 spiro atoms. The Bertz CT molecular complexity index is 1580. The summed E-state index contributed by atoms with van der Waals surface area (Å²) in [6.45, 7) is 3.25. The maximum atomic E-state index is 13.6. The predicted molar refractivity (Wildman–Crippen MR) is 148 cm³/mol. The van der Waals surface area contributed by atoms with E-state index >= 15 is 0 Å². The molecule has 4 rings (SSSR count). The highest BCUT2D eigenvalue weighted by Crippen LogP contribution is 2.36. The maximum Gasteiger partial charge on any atom is 0.262 e. The van der Waals surface area contributed by atoms with Crippen molar-refractivity contribution in [3.63, 3.8) is 0 Å². The largest absolute Gasteiger partial charge is 0.486 e. The standard InChI is InChI=1S/C26H33N5O7S2/c1-18-13-31(19(2)16-32)26(33)21-11-8-12-22(28-39(34,35)20-9-6-5-7-10-20)25(21)38-23(18)14-30(4)40(36,37)24-15-29(3)17-27-24/h5-12,15,17-19,23,28,32H,13-14,16H2,1-4H3/t18-,19-,23+/m0/s1. The Kier molecular flexibility index (Phi) is 8.54. The number of benzene rings is 2. The molecule has 1 amide bonds. The van der Waals surface area contributed by atoms with E-state index in [2.05, 4.69) is 9.71 Å². The Morgan fingerprint density at radius 2 is 1.85 bits per heavy atom. The Labute approximate surface area is 234 Å². The van der Waals surface area contributed by atoms with Gasteiger partial charge in [-0.25, -0.2) is 21.8 Å². The molecule has 40 heavy (non-hydrogen) atoms. The van der Waals surface area contributed by atoms with Crippen LogP contribution in [-0.4, -0.2) is 85.5 Å². The van der Waals surface area contributed by atoms with Crippen LogP contribution in [0.3, 0.4) is 0 Å². The number of hydrogen-bond acceptors (Lipinski definition) is 8. The number of sulfonamides is 2. The topological polar surface area (TPSA) is 151 Å². The van der Waals surface area contributed by atoms with Crippen molar-refractivity contribution in [2.45, 2.75) is 35.9 Å². The summed E-state index contributed by atoms with van der Waals surface area (Å²) in [7, 11) is -4.95. The van der Waals surface area contributed by atoms with Crippen LogP contribution in [0, 0.1) is 5.92 Å². The summed E-state index contributed by atoms with van der Waals surface area (Å²) in [4.78, 5) is 19.1. The van der Waals surface area contributed by atoms with Crippen LogP contribution in [0.25, 0.3) is 0 Å². The molecule has 0 bridgehead atoms. The maximum absolute atomic E-state index is 13.6. The van der Waals surface area contributed by atoms with Crippen LogP contribution in [0.15, 0.2) is 71.0 Å². The van der Waals surface area contributed by atoms with Crippen LogP contribution in [0.4, 0.5) is 5.69 Å². The molecule has 0 fully saturated rings. The molecular formula is C26H33N5O7S2. The third kappa shape index (κ3) is 5.99. The number of likely N-dealkylation sites (N-methyl/N-ethyl adjacent to an activating group) is 1. The highest BCUT2D eigenvalue weighted by Gasteiger charge is 2.37. The van der Waals surface area contributed by atoms with E-state index in [0.29, 0.717) is 0 Å². The number of anilines is 1. The van der Waals surface area contributed by atoms with Gasteiger partial charge in [0.2, 0.25) is 0 Å². The van der Waals surface area contributed by atoms with Crippen molar-refractivity contribution in [2.75, 3.05) is 31.5 Å². The summed E-state index contributed by atoms with van der Waals surface area (Å²) in [5, 5.41) is 9.74. The summed E-state index contributed by atoms with van der Waals surface area (Å²) in [5.74, 6) is -0.884. The molecule has 14 heteroatoms. The number of hydrogen-bond donors (Lipinski definition) is 2. The smallest absolute Gasteiger partial charge is 0.262 e. The lowest BCUT2D eigenvalue weighted by Crippen LogP contribution is -2.50. The number of imidazole rings is 1. The quantitative estimate of drug-likeness (QED) is 0.382. The molecule has 2 N–H and O–H groups in total. The van der Waals surface area contributed by atoms with Crippen LogP contribution in [0.5, 0.6) is 5.75 Å². The van der Waals surface area contributed by atoms with Crippen molar-refractivity contribution in [1.82, 2.24) is 18.8 Å². The zero-order valence-corrected chi connectivity index (χ0v) is 24.3. The van der Waals surface area contributed by atoms with Gasteiger partial charge in [-0.05, 0) is 31.2 Å². The number of aromatic nitrogens is 2. The lowest BCUT2D eigenvalue weighted by Gasteiger charge is -2.38. The summed E-state index contributed by atoms with van der Waals surface area (Å²) in [6, 6.07) is 11.7. The first-order chi connectivity index (χ1) is 18.8. The number of nitrogens with zero attached hydrogens (tertiary/aromatic N) is 4. The molecule has 1 aliphatic heterocycles. The first-order valence-corrected chi connectivity index (χ1v) is 15.5. The van der Waals surface area contributed by atoms with E-state index in [1.165, 1.54) is 59.4 Å². The van der Waals surface area contributed by atoms with Gasteiger partial charge in [-0.15, -0.1) is 0 Å². The fourth-order valence-electron chi connectivity index (χ4n) is 4.38. The minimum absolute atomic E-state index is 0.0198. The fraction of sp³-hybridized carbons (Fsp3) is 0.385. The molecule has 0 radical (unpaired) electrons. The molecule has 0 aliphatic carbocycles. The number of aliphatic hydroxyl groups is 1. The second-order valence-corrected chi connectivity index (χ2v) is 13.6. The van der Waals surface area contributed by atoms with Crippen LogP contribution in [0.2, 0.25) is 0 Å². The van der Waals surface area contributed by atoms with E-state index < -0.39 is 44.0 Å². The number of amides is 1. The van der Waals surface area contributed by atoms with Gasteiger partial charge in [0.25, 0.3) is 26.0 Å². The number of aryl methyl sites for hydroxylation is 1. The van der Waals surface area contributed by atoms with Crippen LogP contribution in [-0.2, 0) is 27.1 Å². The summed E-state index contributed by atoms with van der Waals surface area (Å²) >= 11 is 0. The predicted octanol–water partition coefficient (Wildman–Crippen LogP) is 1.76. The van der Waals surface area contributed by atoms with Crippen LogP contribution in [0.1, 0.15) is 24.2 Å². The summed E-state index contributed by atoms with van der Waals surface area (Å²) in [5.41, 5.74) is 0.112. The van der Waals surface area contributed by atoms with E-state index in [-0.39, 0.29) is 46.6 Å². The van der Waals surface area contributed by atoms with Gasteiger partial charge in [0.15, 0.2) is 10.8 Å².